The summed E-state index contributed by atoms with van der Waals surface area (Å²) in [4.78, 5) is 26.6. The van der Waals surface area contributed by atoms with Gasteiger partial charge in [0, 0.05) is 24.6 Å². The van der Waals surface area contributed by atoms with Crippen LogP contribution in [0.5, 0.6) is 0 Å². The second-order valence-electron chi connectivity index (χ2n) is 6.24. The third kappa shape index (κ3) is 3.74. The smallest absolute Gasteiger partial charge is 0.239 e. The third-order valence-electron chi connectivity index (χ3n) is 4.78. The summed E-state index contributed by atoms with van der Waals surface area (Å²) in [6.45, 7) is 5.31. The van der Waals surface area contributed by atoms with Gasteiger partial charge < -0.3 is 10.6 Å². The Bertz CT molecular complexity index is 507. The zero-order chi connectivity index (χ0) is 16.1. The summed E-state index contributed by atoms with van der Waals surface area (Å²) in [5, 5.41) is 0. The average molecular weight is 302 g/mol. The molecule has 1 aromatic rings. The summed E-state index contributed by atoms with van der Waals surface area (Å²) in [5.41, 5.74) is 6.80. The molecule has 0 radical (unpaired) electrons. The second kappa shape index (κ2) is 7.54. The summed E-state index contributed by atoms with van der Waals surface area (Å²) in [6.07, 6.45) is 2.36. The number of carbonyl (C=O) groups is 2. The number of nitrogens with two attached hydrogens (primary N) is 1. The number of ketones is 1. The number of rotatable bonds is 5. The lowest BCUT2D eigenvalue weighted by Crippen LogP contribution is -2.50. The van der Waals surface area contributed by atoms with E-state index in [1.807, 2.05) is 49.1 Å². The quantitative estimate of drug-likeness (QED) is 0.850. The number of benzene rings is 1. The number of piperidine rings is 1. The van der Waals surface area contributed by atoms with Gasteiger partial charge in [-0.3, -0.25) is 9.59 Å². The van der Waals surface area contributed by atoms with E-state index in [0.29, 0.717) is 13.1 Å². The first-order valence-corrected chi connectivity index (χ1v) is 8.18. The zero-order valence-electron chi connectivity index (χ0n) is 13.5. The van der Waals surface area contributed by atoms with E-state index in [-0.39, 0.29) is 23.5 Å². The van der Waals surface area contributed by atoms with E-state index in [1.54, 1.807) is 0 Å². The van der Waals surface area contributed by atoms with Gasteiger partial charge in [-0.05, 0) is 18.8 Å². The van der Waals surface area contributed by atoms with Gasteiger partial charge >= 0.3 is 0 Å². The maximum absolute atomic E-state index is 12.4. The van der Waals surface area contributed by atoms with Crippen LogP contribution in [0, 0.1) is 11.8 Å². The minimum absolute atomic E-state index is 0.0197. The van der Waals surface area contributed by atoms with Crippen molar-refractivity contribution in [1.29, 1.82) is 0 Å². The first-order chi connectivity index (χ1) is 10.5. The van der Waals surface area contributed by atoms with Crippen LogP contribution >= 0.6 is 0 Å². The van der Waals surface area contributed by atoms with Crippen molar-refractivity contribution in [3.8, 4) is 0 Å². The van der Waals surface area contributed by atoms with E-state index >= 15 is 0 Å². The van der Waals surface area contributed by atoms with Crippen molar-refractivity contribution in [2.75, 3.05) is 13.1 Å². The van der Waals surface area contributed by atoms with Crippen LogP contribution in [0.3, 0.4) is 0 Å². The van der Waals surface area contributed by atoms with E-state index in [0.717, 1.165) is 24.8 Å². The maximum Gasteiger partial charge on any atom is 0.239 e. The molecule has 1 aliphatic rings. The van der Waals surface area contributed by atoms with E-state index in [4.69, 9.17) is 5.73 Å². The summed E-state index contributed by atoms with van der Waals surface area (Å²) in [6, 6.07) is 8.98. The highest BCUT2D eigenvalue weighted by atomic mass is 16.2. The minimum atomic E-state index is -0.425. The summed E-state index contributed by atoms with van der Waals surface area (Å²) in [5.74, 6) is 0.432. The van der Waals surface area contributed by atoms with Gasteiger partial charge in [0.25, 0.3) is 0 Å². The highest BCUT2D eigenvalue weighted by Crippen LogP contribution is 2.23. The number of carbonyl (C=O) groups excluding carboxylic acids is 2. The SMILES string of the molecule is CCC(C)C(N)C(=O)N1CCC(C(=O)c2ccccc2)CC1. The van der Waals surface area contributed by atoms with Crippen LogP contribution in [0.2, 0.25) is 0 Å². The fourth-order valence-corrected chi connectivity index (χ4v) is 2.91. The first kappa shape index (κ1) is 16.7. The zero-order valence-corrected chi connectivity index (χ0v) is 13.5. The Balaban J connectivity index is 1.90. The van der Waals surface area contributed by atoms with E-state index in [9.17, 15) is 9.59 Å². The average Bonchev–Trinajstić information content (AvgIpc) is 2.60. The topological polar surface area (TPSA) is 63.4 Å². The fraction of sp³-hybridized carbons (Fsp3) is 0.556. The van der Waals surface area contributed by atoms with Gasteiger partial charge in [-0.2, -0.15) is 0 Å². The lowest BCUT2D eigenvalue weighted by atomic mass is 9.88. The largest absolute Gasteiger partial charge is 0.341 e. The Kier molecular flexibility index (Phi) is 5.72. The van der Waals surface area contributed by atoms with Crippen molar-refractivity contribution in [2.45, 2.75) is 39.2 Å². The first-order valence-electron chi connectivity index (χ1n) is 8.18. The molecule has 1 amide bonds. The predicted octanol–water partition coefficient (Wildman–Crippen LogP) is 2.48. The number of hydrogen-bond donors (Lipinski definition) is 1. The van der Waals surface area contributed by atoms with Crippen molar-refractivity contribution >= 4 is 11.7 Å². The van der Waals surface area contributed by atoms with Gasteiger partial charge in [0.15, 0.2) is 5.78 Å². The fourth-order valence-electron chi connectivity index (χ4n) is 2.91. The molecule has 1 aliphatic heterocycles. The van der Waals surface area contributed by atoms with Crippen molar-refractivity contribution in [1.82, 2.24) is 4.90 Å². The summed E-state index contributed by atoms with van der Waals surface area (Å²) >= 11 is 0. The molecule has 1 heterocycles. The molecule has 22 heavy (non-hydrogen) atoms. The Morgan fingerprint density at radius 2 is 1.82 bits per heavy atom. The van der Waals surface area contributed by atoms with Crippen molar-refractivity contribution in [3.05, 3.63) is 35.9 Å². The predicted molar refractivity (Wildman–Crippen MR) is 87.5 cm³/mol. The normalized spacial score (nSPS) is 18.8. The van der Waals surface area contributed by atoms with E-state index in [2.05, 4.69) is 0 Å². The molecule has 0 aromatic heterocycles. The van der Waals surface area contributed by atoms with Crippen LogP contribution < -0.4 is 5.73 Å². The molecular formula is C18H26N2O2. The second-order valence-corrected chi connectivity index (χ2v) is 6.24. The molecule has 2 N–H and O–H groups in total. The van der Waals surface area contributed by atoms with Crippen LogP contribution in [-0.2, 0) is 4.79 Å². The molecule has 4 nitrogen and oxygen atoms in total. The van der Waals surface area contributed by atoms with Crippen LogP contribution in [0.4, 0.5) is 0 Å². The molecule has 0 aliphatic carbocycles. The van der Waals surface area contributed by atoms with Gasteiger partial charge in [0.2, 0.25) is 5.91 Å². The van der Waals surface area contributed by atoms with E-state index in [1.165, 1.54) is 0 Å². The third-order valence-corrected chi connectivity index (χ3v) is 4.78. The molecule has 0 spiro atoms. The Morgan fingerprint density at radius 3 is 2.36 bits per heavy atom. The lowest BCUT2D eigenvalue weighted by Gasteiger charge is -2.34. The van der Waals surface area contributed by atoms with Crippen LogP contribution in [0.15, 0.2) is 30.3 Å². The Hall–Kier alpha value is -1.68. The molecule has 4 heteroatoms. The summed E-state index contributed by atoms with van der Waals surface area (Å²) < 4.78 is 0. The highest BCUT2D eigenvalue weighted by molar-refractivity contribution is 5.98. The molecule has 1 saturated heterocycles. The van der Waals surface area contributed by atoms with E-state index < -0.39 is 6.04 Å². The maximum atomic E-state index is 12.4. The van der Waals surface area contributed by atoms with Gasteiger partial charge in [-0.1, -0.05) is 50.6 Å². The number of Topliss-reactive ketones (excluding diaryl/α,β-unsaturated/α-hetero) is 1. The standard InChI is InChI=1S/C18H26N2O2/c1-3-13(2)16(19)18(22)20-11-9-15(10-12-20)17(21)14-7-5-4-6-8-14/h4-8,13,15-16H,3,9-12,19H2,1-2H3. The van der Waals surface area contributed by atoms with Gasteiger partial charge in [0.1, 0.15) is 0 Å². The van der Waals surface area contributed by atoms with Crippen molar-refractivity contribution in [3.63, 3.8) is 0 Å². The molecule has 2 atom stereocenters. The van der Waals surface area contributed by atoms with Gasteiger partial charge in [-0.15, -0.1) is 0 Å². The minimum Gasteiger partial charge on any atom is -0.341 e. The molecule has 2 unspecified atom stereocenters. The number of hydrogen-bond acceptors (Lipinski definition) is 3. The molecule has 120 valence electrons. The van der Waals surface area contributed by atoms with Crippen LogP contribution in [0.25, 0.3) is 0 Å². The van der Waals surface area contributed by atoms with Gasteiger partial charge in [0.05, 0.1) is 6.04 Å². The van der Waals surface area contributed by atoms with Crippen LogP contribution in [0.1, 0.15) is 43.5 Å². The molecule has 1 fully saturated rings. The Labute approximate surface area is 132 Å². The highest BCUT2D eigenvalue weighted by Gasteiger charge is 2.31. The number of amides is 1. The number of likely N-dealkylation sites (tertiary alicyclic amines) is 1. The molecule has 1 aromatic carbocycles. The molecular weight excluding hydrogens is 276 g/mol. The molecule has 0 saturated carbocycles. The molecule has 2 rings (SSSR count). The monoisotopic (exact) mass is 302 g/mol. The van der Waals surface area contributed by atoms with Crippen molar-refractivity contribution in [2.24, 2.45) is 17.6 Å². The van der Waals surface area contributed by atoms with Crippen LogP contribution in [-0.4, -0.2) is 35.7 Å². The lowest BCUT2D eigenvalue weighted by molar-refractivity contribution is -0.135. The van der Waals surface area contributed by atoms with Crippen molar-refractivity contribution < 1.29 is 9.59 Å². The number of nitrogens with zero attached hydrogens (tertiary/aromatic N) is 1. The van der Waals surface area contributed by atoms with Gasteiger partial charge in [-0.25, -0.2) is 0 Å². The summed E-state index contributed by atoms with van der Waals surface area (Å²) in [7, 11) is 0. The molecule has 0 bridgehead atoms. The Morgan fingerprint density at radius 1 is 1.23 bits per heavy atom.